The van der Waals surface area contributed by atoms with Gasteiger partial charge < -0.3 is 4.74 Å². The fourth-order valence-corrected chi connectivity index (χ4v) is 4.32. The van der Waals surface area contributed by atoms with Crippen LogP contribution in [0.3, 0.4) is 0 Å². The van der Waals surface area contributed by atoms with Gasteiger partial charge in [0.2, 0.25) is 5.88 Å². The van der Waals surface area contributed by atoms with Gasteiger partial charge in [-0.3, -0.25) is 13.9 Å². The minimum atomic E-state index is 0.0282. The molecule has 4 heterocycles. The summed E-state index contributed by atoms with van der Waals surface area (Å²) in [7, 11) is 1.63. The van der Waals surface area contributed by atoms with E-state index in [1.54, 1.807) is 13.3 Å². The van der Waals surface area contributed by atoms with E-state index in [1.165, 1.54) is 0 Å². The molecule has 0 amide bonds. The Kier molecular flexibility index (Phi) is 5.38. The van der Waals surface area contributed by atoms with E-state index < -0.39 is 0 Å². The van der Waals surface area contributed by atoms with Gasteiger partial charge in [0.05, 0.1) is 31.1 Å². The van der Waals surface area contributed by atoms with Crippen molar-refractivity contribution in [3.63, 3.8) is 0 Å². The summed E-state index contributed by atoms with van der Waals surface area (Å²) in [6.45, 7) is 4.57. The highest BCUT2D eigenvalue weighted by molar-refractivity contribution is 5.99. The molecular weight excluding hydrogens is 414 g/mol. The SMILES string of the molecule is CCc1nn(Cc2ccc(C)nc2OC)c2cccc(CC(=O)c3cnc4ccccn34)c12. The summed E-state index contributed by atoms with van der Waals surface area (Å²) in [5.41, 5.74) is 6.17. The predicted molar refractivity (Wildman–Crippen MR) is 127 cm³/mol. The van der Waals surface area contributed by atoms with Crippen LogP contribution in [0.25, 0.3) is 16.6 Å². The van der Waals surface area contributed by atoms with Gasteiger partial charge in [0.25, 0.3) is 0 Å². The second kappa shape index (κ2) is 8.50. The van der Waals surface area contributed by atoms with Crippen LogP contribution in [0.2, 0.25) is 0 Å². The first-order valence-electron chi connectivity index (χ1n) is 11.0. The molecule has 4 aromatic heterocycles. The van der Waals surface area contributed by atoms with Gasteiger partial charge in [0.1, 0.15) is 11.3 Å². The van der Waals surface area contributed by atoms with E-state index >= 15 is 0 Å². The molecule has 0 spiro atoms. The van der Waals surface area contributed by atoms with Crippen LogP contribution in [0.15, 0.2) is 60.9 Å². The van der Waals surface area contributed by atoms with Crippen LogP contribution in [0.1, 0.15) is 39.9 Å². The number of fused-ring (bicyclic) bond motifs is 2. The second-order valence-electron chi connectivity index (χ2n) is 8.06. The van der Waals surface area contributed by atoms with Crippen LogP contribution >= 0.6 is 0 Å². The van der Waals surface area contributed by atoms with E-state index in [2.05, 4.69) is 23.0 Å². The number of pyridine rings is 2. The molecule has 0 aliphatic heterocycles. The highest BCUT2D eigenvalue weighted by Gasteiger charge is 2.19. The molecule has 0 fully saturated rings. The van der Waals surface area contributed by atoms with Crippen LogP contribution in [-0.4, -0.2) is 37.0 Å². The van der Waals surface area contributed by atoms with Gasteiger partial charge in [0.15, 0.2) is 5.78 Å². The topological polar surface area (TPSA) is 74.3 Å². The number of Topliss-reactive ketones (excluding diaryl/α,β-unsaturated/α-hetero) is 1. The molecule has 33 heavy (non-hydrogen) atoms. The number of imidazole rings is 1. The highest BCUT2D eigenvalue weighted by atomic mass is 16.5. The van der Waals surface area contributed by atoms with E-state index in [0.29, 0.717) is 18.1 Å². The molecule has 7 nitrogen and oxygen atoms in total. The number of methoxy groups -OCH3 is 1. The quantitative estimate of drug-likeness (QED) is 0.351. The third-order valence-corrected chi connectivity index (χ3v) is 5.92. The molecule has 7 heteroatoms. The molecule has 0 saturated carbocycles. The maximum absolute atomic E-state index is 13.2. The van der Waals surface area contributed by atoms with Gasteiger partial charge in [-0.1, -0.05) is 25.1 Å². The lowest BCUT2D eigenvalue weighted by Gasteiger charge is -2.10. The second-order valence-corrected chi connectivity index (χ2v) is 8.06. The lowest BCUT2D eigenvalue weighted by molar-refractivity contribution is 0.0987. The Labute approximate surface area is 191 Å². The van der Waals surface area contributed by atoms with E-state index in [9.17, 15) is 4.79 Å². The van der Waals surface area contributed by atoms with Crippen molar-refractivity contribution in [3.05, 3.63) is 89.1 Å². The lowest BCUT2D eigenvalue weighted by atomic mass is 10.0. The number of ether oxygens (including phenoxy) is 1. The third kappa shape index (κ3) is 3.75. The van der Waals surface area contributed by atoms with Crippen molar-refractivity contribution in [1.29, 1.82) is 0 Å². The number of ketones is 1. The smallest absolute Gasteiger partial charge is 0.218 e. The van der Waals surface area contributed by atoms with Gasteiger partial charge in [-0.05, 0) is 49.2 Å². The molecule has 5 rings (SSSR count). The Morgan fingerprint density at radius 2 is 1.94 bits per heavy atom. The Morgan fingerprint density at radius 1 is 1.06 bits per heavy atom. The number of carbonyl (C=O) groups excluding carboxylic acids is 1. The summed E-state index contributed by atoms with van der Waals surface area (Å²) in [6.07, 6.45) is 4.58. The van der Waals surface area contributed by atoms with Crippen molar-refractivity contribution in [2.24, 2.45) is 0 Å². The number of rotatable bonds is 7. The molecule has 0 N–H and O–H groups in total. The van der Waals surface area contributed by atoms with Gasteiger partial charge in [-0.15, -0.1) is 0 Å². The summed E-state index contributed by atoms with van der Waals surface area (Å²) >= 11 is 0. The van der Waals surface area contributed by atoms with Crippen LogP contribution < -0.4 is 4.74 Å². The number of hydrogen-bond donors (Lipinski definition) is 0. The monoisotopic (exact) mass is 439 g/mol. The first-order valence-corrected chi connectivity index (χ1v) is 11.0. The lowest BCUT2D eigenvalue weighted by Crippen LogP contribution is -2.07. The zero-order valence-electron chi connectivity index (χ0n) is 18.9. The number of carbonyl (C=O) groups is 1. The number of aromatic nitrogens is 5. The van der Waals surface area contributed by atoms with Gasteiger partial charge in [0, 0.05) is 29.3 Å². The van der Waals surface area contributed by atoms with Crippen LogP contribution in [0, 0.1) is 6.92 Å². The average Bonchev–Trinajstić information content (AvgIpc) is 3.42. The summed E-state index contributed by atoms with van der Waals surface area (Å²) < 4.78 is 9.31. The number of hydrogen-bond acceptors (Lipinski definition) is 5. The molecule has 0 radical (unpaired) electrons. The van der Waals surface area contributed by atoms with Crippen molar-refractivity contribution in [2.75, 3.05) is 7.11 Å². The van der Waals surface area contributed by atoms with Crippen molar-refractivity contribution < 1.29 is 9.53 Å². The first-order chi connectivity index (χ1) is 16.1. The number of benzene rings is 1. The summed E-state index contributed by atoms with van der Waals surface area (Å²) in [5.74, 6) is 0.635. The Bertz CT molecular complexity index is 1480. The standard InChI is InChI=1S/C26H25N5O2/c1-4-20-25-18(14-23(32)22-15-27-24-10-5-6-13-30(22)24)8-7-9-21(25)31(29-20)16-19-12-11-17(2)28-26(19)33-3/h5-13,15H,4,14,16H2,1-3H3. The van der Waals surface area contributed by atoms with Crippen LogP contribution in [0.5, 0.6) is 5.88 Å². The Hall–Kier alpha value is -4.00. The van der Waals surface area contributed by atoms with E-state index in [0.717, 1.165) is 45.5 Å². The normalized spacial score (nSPS) is 11.4. The van der Waals surface area contributed by atoms with E-state index in [1.807, 2.05) is 64.7 Å². The van der Waals surface area contributed by atoms with Gasteiger partial charge >= 0.3 is 0 Å². The average molecular weight is 440 g/mol. The molecule has 0 bridgehead atoms. The molecular formula is C26H25N5O2. The zero-order valence-corrected chi connectivity index (χ0v) is 18.9. The van der Waals surface area contributed by atoms with Crippen molar-refractivity contribution >= 4 is 22.3 Å². The minimum absolute atomic E-state index is 0.0282. The molecule has 5 aromatic rings. The first kappa shape index (κ1) is 20.9. The maximum Gasteiger partial charge on any atom is 0.218 e. The molecule has 1 aromatic carbocycles. The van der Waals surface area contributed by atoms with Crippen molar-refractivity contribution in [1.82, 2.24) is 24.1 Å². The third-order valence-electron chi connectivity index (χ3n) is 5.92. The number of aryl methyl sites for hydroxylation is 2. The maximum atomic E-state index is 13.2. The molecule has 0 unspecified atom stereocenters. The molecule has 0 aliphatic rings. The minimum Gasteiger partial charge on any atom is -0.481 e. The summed E-state index contributed by atoms with van der Waals surface area (Å²) in [5, 5.41) is 5.93. The summed E-state index contributed by atoms with van der Waals surface area (Å²) in [6, 6.07) is 15.8. The molecule has 166 valence electrons. The fraction of sp³-hybridized carbons (Fsp3) is 0.231. The van der Waals surface area contributed by atoms with Crippen molar-refractivity contribution in [3.8, 4) is 5.88 Å². The zero-order chi connectivity index (χ0) is 22.9. The van der Waals surface area contributed by atoms with E-state index in [-0.39, 0.29) is 12.2 Å². The predicted octanol–water partition coefficient (Wildman–Crippen LogP) is 4.43. The van der Waals surface area contributed by atoms with Gasteiger partial charge in [-0.2, -0.15) is 5.10 Å². The highest BCUT2D eigenvalue weighted by Crippen LogP contribution is 2.27. The van der Waals surface area contributed by atoms with Crippen LogP contribution in [0.4, 0.5) is 0 Å². The Balaban J connectivity index is 1.53. The van der Waals surface area contributed by atoms with E-state index in [4.69, 9.17) is 9.84 Å². The van der Waals surface area contributed by atoms with Crippen LogP contribution in [-0.2, 0) is 19.4 Å². The van der Waals surface area contributed by atoms with Gasteiger partial charge in [-0.25, -0.2) is 9.97 Å². The fourth-order valence-electron chi connectivity index (χ4n) is 4.32. The molecule has 0 aliphatic carbocycles. The summed E-state index contributed by atoms with van der Waals surface area (Å²) in [4.78, 5) is 22.1. The number of nitrogens with zero attached hydrogens (tertiary/aromatic N) is 5. The Morgan fingerprint density at radius 3 is 2.76 bits per heavy atom. The largest absolute Gasteiger partial charge is 0.481 e. The van der Waals surface area contributed by atoms with Crippen molar-refractivity contribution in [2.45, 2.75) is 33.2 Å². The molecule has 0 saturated heterocycles. The molecule has 0 atom stereocenters.